The summed E-state index contributed by atoms with van der Waals surface area (Å²) in [5.74, 6) is 0. The van der Waals surface area contributed by atoms with E-state index in [4.69, 9.17) is 4.74 Å². The van der Waals surface area contributed by atoms with E-state index < -0.39 is 6.29 Å². The Hall–Kier alpha value is -0.780. The number of ether oxygens (including phenoxy) is 1. The number of aromatic nitrogens is 1. The lowest BCUT2D eigenvalue weighted by Gasteiger charge is -2.15. The zero-order valence-electron chi connectivity index (χ0n) is 8.48. The fraction of sp³-hybridized carbons (Fsp3) is 0.400. The molecular formula is C10H12BrNO3. The van der Waals surface area contributed by atoms with Crippen molar-refractivity contribution in [2.75, 3.05) is 0 Å². The van der Waals surface area contributed by atoms with E-state index in [-0.39, 0.29) is 11.8 Å². The summed E-state index contributed by atoms with van der Waals surface area (Å²) in [6.45, 7) is 3.59. The van der Waals surface area contributed by atoms with Gasteiger partial charge in [-0.05, 0) is 35.8 Å². The zero-order chi connectivity index (χ0) is 11.4. The van der Waals surface area contributed by atoms with Crippen molar-refractivity contribution in [3.05, 3.63) is 28.0 Å². The lowest BCUT2D eigenvalue weighted by molar-refractivity contribution is -0.131. The number of hydrogen-bond donors (Lipinski definition) is 1. The van der Waals surface area contributed by atoms with Crippen LogP contribution in [0.15, 0.2) is 16.7 Å². The van der Waals surface area contributed by atoms with Crippen molar-refractivity contribution < 1.29 is 14.6 Å². The Morgan fingerprint density at radius 1 is 1.60 bits per heavy atom. The van der Waals surface area contributed by atoms with Crippen LogP contribution in [0.1, 0.15) is 36.2 Å². The molecule has 1 N–H and O–H groups in total. The number of pyridine rings is 1. The summed E-state index contributed by atoms with van der Waals surface area (Å²) in [5.41, 5.74) is 0.555. The molecule has 0 spiro atoms. The van der Waals surface area contributed by atoms with E-state index in [9.17, 15) is 9.90 Å². The third-order valence-electron chi connectivity index (χ3n) is 1.68. The molecule has 0 aromatic carbocycles. The number of aldehydes is 1. The van der Waals surface area contributed by atoms with E-state index in [1.807, 2.05) is 0 Å². The van der Waals surface area contributed by atoms with Crippen LogP contribution in [0, 0.1) is 0 Å². The highest BCUT2D eigenvalue weighted by molar-refractivity contribution is 9.10. The van der Waals surface area contributed by atoms with Gasteiger partial charge in [0, 0.05) is 16.2 Å². The van der Waals surface area contributed by atoms with Gasteiger partial charge in [-0.1, -0.05) is 0 Å². The van der Waals surface area contributed by atoms with Gasteiger partial charge in [0.25, 0.3) is 0 Å². The SMILES string of the molecule is CC(C)OC(O)c1ncc(Br)cc1C=O. The maximum Gasteiger partial charge on any atom is 0.199 e. The highest BCUT2D eigenvalue weighted by Crippen LogP contribution is 2.20. The van der Waals surface area contributed by atoms with Gasteiger partial charge in [-0.15, -0.1) is 0 Å². The summed E-state index contributed by atoms with van der Waals surface area (Å²) in [6.07, 6.45) is 0.846. The van der Waals surface area contributed by atoms with E-state index in [0.29, 0.717) is 16.3 Å². The van der Waals surface area contributed by atoms with Gasteiger partial charge in [0.2, 0.25) is 0 Å². The minimum atomic E-state index is -1.17. The summed E-state index contributed by atoms with van der Waals surface area (Å²) in [4.78, 5) is 14.7. The Labute approximate surface area is 96.4 Å². The van der Waals surface area contributed by atoms with Crippen LogP contribution in [-0.4, -0.2) is 22.5 Å². The van der Waals surface area contributed by atoms with Crippen LogP contribution in [0.5, 0.6) is 0 Å². The maximum atomic E-state index is 10.7. The molecule has 0 aliphatic heterocycles. The van der Waals surface area contributed by atoms with Crippen LogP contribution < -0.4 is 0 Å². The molecule has 1 aromatic rings. The lowest BCUT2D eigenvalue weighted by Crippen LogP contribution is -2.13. The van der Waals surface area contributed by atoms with Crippen molar-refractivity contribution in [2.24, 2.45) is 0 Å². The molecule has 1 aromatic heterocycles. The topological polar surface area (TPSA) is 59.4 Å². The number of carbonyl (C=O) groups excluding carboxylic acids is 1. The molecule has 0 aliphatic rings. The van der Waals surface area contributed by atoms with E-state index in [1.54, 1.807) is 19.9 Å². The van der Waals surface area contributed by atoms with E-state index in [1.165, 1.54) is 6.20 Å². The fourth-order valence-electron chi connectivity index (χ4n) is 1.09. The maximum absolute atomic E-state index is 10.7. The minimum absolute atomic E-state index is 0.134. The second kappa shape index (κ2) is 5.34. The van der Waals surface area contributed by atoms with Crippen LogP contribution in [0.3, 0.4) is 0 Å². The molecule has 1 atom stereocenters. The van der Waals surface area contributed by atoms with Crippen molar-refractivity contribution in [1.82, 2.24) is 4.98 Å². The number of carbonyl (C=O) groups is 1. The smallest absolute Gasteiger partial charge is 0.199 e. The Bertz CT molecular complexity index is 355. The lowest BCUT2D eigenvalue weighted by atomic mass is 10.2. The summed E-state index contributed by atoms with van der Waals surface area (Å²) < 4.78 is 5.82. The highest BCUT2D eigenvalue weighted by Gasteiger charge is 2.15. The molecule has 0 saturated carbocycles. The van der Waals surface area contributed by atoms with E-state index in [2.05, 4.69) is 20.9 Å². The van der Waals surface area contributed by atoms with E-state index in [0.717, 1.165) is 0 Å². The van der Waals surface area contributed by atoms with Crippen molar-refractivity contribution in [3.8, 4) is 0 Å². The summed E-state index contributed by atoms with van der Waals surface area (Å²) in [5, 5.41) is 9.63. The molecule has 0 saturated heterocycles. The van der Waals surface area contributed by atoms with Crippen molar-refractivity contribution >= 4 is 22.2 Å². The summed E-state index contributed by atoms with van der Waals surface area (Å²) >= 11 is 3.19. The largest absolute Gasteiger partial charge is 0.363 e. The molecule has 82 valence electrons. The van der Waals surface area contributed by atoms with Gasteiger partial charge in [-0.2, -0.15) is 0 Å². The number of rotatable bonds is 4. The molecule has 1 heterocycles. The fourth-order valence-corrected chi connectivity index (χ4v) is 1.44. The van der Waals surface area contributed by atoms with Gasteiger partial charge in [-0.3, -0.25) is 9.78 Å². The number of aliphatic hydroxyl groups excluding tert-OH is 1. The summed E-state index contributed by atoms with van der Waals surface area (Å²) in [7, 11) is 0. The van der Waals surface area contributed by atoms with Crippen LogP contribution in [0.25, 0.3) is 0 Å². The molecule has 1 rings (SSSR count). The first kappa shape index (κ1) is 12.3. The molecule has 0 aliphatic carbocycles. The first-order valence-corrected chi connectivity index (χ1v) is 5.28. The van der Waals surface area contributed by atoms with Crippen LogP contribution in [0.4, 0.5) is 0 Å². The van der Waals surface area contributed by atoms with Crippen LogP contribution in [0.2, 0.25) is 0 Å². The Kier molecular flexibility index (Phi) is 4.38. The van der Waals surface area contributed by atoms with E-state index >= 15 is 0 Å². The highest BCUT2D eigenvalue weighted by atomic mass is 79.9. The monoisotopic (exact) mass is 273 g/mol. The number of nitrogens with zero attached hydrogens (tertiary/aromatic N) is 1. The van der Waals surface area contributed by atoms with Gasteiger partial charge in [0.1, 0.15) is 5.69 Å². The van der Waals surface area contributed by atoms with Gasteiger partial charge in [0.15, 0.2) is 12.6 Å². The molecule has 15 heavy (non-hydrogen) atoms. The van der Waals surface area contributed by atoms with Gasteiger partial charge in [0.05, 0.1) is 6.10 Å². The second-order valence-corrected chi connectivity index (χ2v) is 4.20. The molecule has 0 bridgehead atoms. The van der Waals surface area contributed by atoms with Crippen molar-refractivity contribution in [3.63, 3.8) is 0 Å². The van der Waals surface area contributed by atoms with Crippen molar-refractivity contribution in [1.29, 1.82) is 0 Å². The predicted molar refractivity (Wildman–Crippen MR) is 58.5 cm³/mol. The van der Waals surface area contributed by atoms with Gasteiger partial charge >= 0.3 is 0 Å². The summed E-state index contributed by atoms with van der Waals surface area (Å²) in [6, 6.07) is 1.59. The Morgan fingerprint density at radius 3 is 2.80 bits per heavy atom. The number of aliphatic hydroxyl groups is 1. The molecule has 0 amide bonds. The second-order valence-electron chi connectivity index (χ2n) is 3.28. The van der Waals surface area contributed by atoms with Crippen LogP contribution >= 0.6 is 15.9 Å². The average molecular weight is 274 g/mol. The van der Waals surface area contributed by atoms with Gasteiger partial charge in [-0.25, -0.2) is 0 Å². The standard InChI is InChI=1S/C10H12BrNO3/c1-6(2)15-10(14)9-7(5-13)3-8(11)4-12-9/h3-6,10,14H,1-2H3. The molecule has 0 fully saturated rings. The molecule has 5 heteroatoms. The average Bonchev–Trinajstić information content (AvgIpc) is 2.16. The van der Waals surface area contributed by atoms with Crippen LogP contribution in [-0.2, 0) is 4.74 Å². The Balaban J connectivity index is 2.97. The third-order valence-corrected chi connectivity index (χ3v) is 2.11. The number of halogens is 1. The third kappa shape index (κ3) is 3.37. The minimum Gasteiger partial charge on any atom is -0.363 e. The molecule has 0 radical (unpaired) electrons. The normalized spacial score (nSPS) is 12.9. The predicted octanol–water partition coefficient (Wildman–Crippen LogP) is 2.07. The molecule has 1 unspecified atom stereocenters. The quantitative estimate of drug-likeness (QED) is 0.674. The van der Waals surface area contributed by atoms with Crippen molar-refractivity contribution in [2.45, 2.75) is 26.2 Å². The molecule has 4 nitrogen and oxygen atoms in total. The number of hydrogen-bond acceptors (Lipinski definition) is 4. The zero-order valence-corrected chi connectivity index (χ0v) is 10.1. The van der Waals surface area contributed by atoms with Gasteiger partial charge < -0.3 is 9.84 Å². The Morgan fingerprint density at radius 2 is 2.27 bits per heavy atom. The first-order chi connectivity index (χ1) is 7.04. The first-order valence-electron chi connectivity index (χ1n) is 4.48. The molecular weight excluding hydrogens is 262 g/mol.